The van der Waals surface area contributed by atoms with Crippen molar-refractivity contribution in [1.29, 1.82) is 0 Å². The molecule has 0 aromatic heterocycles. The van der Waals surface area contributed by atoms with Gasteiger partial charge < -0.3 is 9.64 Å². The zero-order chi connectivity index (χ0) is 12.4. The highest BCUT2D eigenvalue weighted by atomic mass is 79.9. The second-order valence-electron chi connectivity index (χ2n) is 3.90. The summed E-state index contributed by atoms with van der Waals surface area (Å²) in [7, 11) is 1.34. The first kappa shape index (κ1) is 12.1. The second-order valence-corrected chi connectivity index (χ2v) is 4.82. The maximum atomic E-state index is 11.8. The molecule has 0 bridgehead atoms. The standard InChI is InChI=1S/C12H12BrNO3/c1-17-12(16)8-6-11(15)14(7-8)10-4-2-9(13)3-5-10/h2-5,8H,6-7H2,1H3/t8-/m1/s1. The second kappa shape index (κ2) is 4.87. The fourth-order valence-electron chi connectivity index (χ4n) is 1.90. The van der Waals surface area contributed by atoms with Gasteiger partial charge in [0, 0.05) is 23.1 Å². The maximum absolute atomic E-state index is 11.8. The molecule has 1 aromatic carbocycles. The van der Waals surface area contributed by atoms with Crippen molar-refractivity contribution in [1.82, 2.24) is 0 Å². The summed E-state index contributed by atoms with van der Waals surface area (Å²) in [6, 6.07) is 7.44. The third kappa shape index (κ3) is 2.49. The maximum Gasteiger partial charge on any atom is 0.311 e. The largest absolute Gasteiger partial charge is 0.469 e. The molecule has 5 heteroatoms. The van der Waals surface area contributed by atoms with E-state index in [0.717, 1.165) is 10.2 Å². The Balaban J connectivity index is 2.15. The lowest BCUT2D eigenvalue weighted by Gasteiger charge is -2.16. The highest BCUT2D eigenvalue weighted by Crippen LogP contribution is 2.26. The summed E-state index contributed by atoms with van der Waals surface area (Å²) in [6.07, 6.45) is 0.225. The van der Waals surface area contributed by atoms with Gasteiger partial charge in [-0.3, -0.25) is 9.59 Å². The molecule has 1 aliphatic rings. The topological polar surface area (TPSA) is 46.6 Å². The predicted octanol–water partition coefficient (Wildman–Crippen LogP) is 1.97. The number of amides is 1. The van der Waals surface area contributed by atoms with Crippen LogP contribution in [0.1, 0.15) is 6.42 Å². The van der Waals surface area contributed by atoms with Gasteiger partial charge in [0.15, 0.2) is 0 Å². The van der Waals surface area contributed by atoms with Crippen LogP contribution in [0.2, 0.25) is 0 Å². The molecule has 0 unspecified atom stereocenters. The lowest BCUT2D eigenvalue weighted by Crippen LogP contribution is -2.26. The van der Waals surface area contributed by atoms with E-state index >= 15 is 0 Å². The average molecular weight is 298 g/mol. The number of esters is 1. The number of ether oxygens (including phenoxy) is 1. The van der Waals surface area contributed by atoms with E-state index in [9.17, 15) is 9.59 Å². The summed E-state index contributed by atoms with van der Waals surface area (Å²) in [5.74, 6) is -0.711. The molecule has 0 radical (unpaired) electrons. The monoisotopic (exact) mass is 297 g/mol. The van der Waals surface area contributed by atoms with Crippen molar-refractivity contribution >= 4 is 33.5 Å². The van der Waals surface area contributed by atoms with Crippen molar-refractivity contribution in [3.8, 4) is 0 Å². The lowest BCUT2D eigenvalue weighted by molar-refractivity contribution is -0.145. The van der Waals surface area contributed by atoms with E-state index in [1.54, 1.807) is 4.90 Å². The minimum atomic E-state index is -0.351. The van der Waals surface area contributed by atoms with Crippen molar-refractivity contribution in [3.63, 3.8) is 0 Å². The number of nitrogens with zero attached hydrogens (tertiary/aromatic N) is 1. The summed E-state index contributed by atoms with van der Waals surface area (Å²) in [4.78, 5) is 24.8. The Kier molecular flexibility index (Phi) is 3.47. The third-order valence-corrected chi connectivity index (χ3v) is 3.33. The van der Waals surface area contributed by atoms with Crippen LogP contribution in [0.5, 0.6) is 0 Å². The average Bonchev–Trinajstić information content (AvgIpc) is 2.71. The number of carbonyl (C=O) groups is 2. The fourth-order valence-corrected chi connectivity index (χ4v) is 2.17. The molecule has 2 rings (SSSR count). The zero-order valence-corrected chi connectivity index (χ0v) is 10.9. The van der Waals surface area contributed by atoms with E-state index in [4.69, 9.17) is 0 Å². The van der Waals surface area contributed by atoms with Crippen LogP contribution >= 0.6 is 15.9 Å². The summed E-state index contributed by atoms with van der Waals surface area (Å²) in [5, 5.41) is 0. The molecular formula is C12H12BrNO3. The molecule has 1 atom stereocenters. The van der Waals surface area contributed by atoms with E-state index in [1.807, 2.05) is 24.3 Å². The fraction of sp³-hybridized carbons (Fsp3) is 0.333. The molecule has 4 nitrogen and oxygen atoms in total. The summed E-state index contributed by atoms with van der Waals surface area (Å²) in [6.45, 7) is 0.396. The third-order valence-electron chi connectivity index (χ3n) is 2.80. The van der Waals surface area contributed by atoms with Crippen LogP contribution in [0.4, 0.5) is 5.69 Å². The van der Waals surface area contributed by atoms with Crippen LogP contribution in [0.25, 0.3) is 0 Å². The molecule has 0 saturated carbocycles. The molecule has 0 spiro atoms. The predicted molar refractivity (Wildman–Crippen MR) is 66.6 cm³/mol. The van der Waals surface area contributed by atoms with Gasteiger partial charge in [-0.2, -0.15) is 0 Å². The van der Waals surface area contributed by atoms with Crippen molar-refractivity contribution in [2.75, 3.05) is 18.6 Å². The summed E-state index contributed by atoms with van der Waals surface area (Å²) >= 11 is 3.34. The van der Waals surface area contributed by atoms with Crippen molar-refractivity contribution in [2.45, 2.75) is 6.42 Å². The van der Waals surface area contributed by atoms with Gasteiger partial charge in [-0.25, -0.2) is 0 Å². The first-order valence-electron chi connectivity index (χ1n) is 5.25. The molecule has 1 aliphatic heterocycles. The van der Waals surface area contributed by atoms with Gasteiger partial charge in [0.1, 0.15) is 0 Å². The van der Waals surface area contributed by atoms with E-state index in [0.29, 0.717) is 6.54 Å². The number of benzene rings is 1. The number of hydrogen-bond acceptors (Lipinski definition) is 3. The molecular weight excluding hydrogens is 286 g/mol. The molecule has 1 saturated heterocycles. The van der Waals surface area contributed by atoms with Gasteiger partial charge in [0.05, 0.1) is 13.0 Å². The molecule has 17 heavy (non-hydrogen) atoms. The van der Waals surface area contributed by atoms with E-state index in [1.165, 1.54) is 7.11 Å². The Morgan fingerprint density at radius 2 is 2.06 bits per heavy atom. The number of carbonyl (C=O) groups excluding carboxylic acids is 2. The number of hydrogen-bond donors (Lipinski definition) is 0. The van der Waals surface area contributed by atoms with Crippen LogP contribution in [-0.4, -0.2) is 25.5 Å². The Morgan fingerprint density at radius 1 is 1.41 bits per heavy atom. The minimum Gasteiger partial charge on any atom is -0.469 e. The quantitative estimate of drug-likeness (QED) is 0.784. The number of anilines is 1. The highest BCUT2D eigenvalue weighted by molar-refractivity contribution is 9.10. The summed E-state index contributed by atoms with van der Waals surface area (Å²) < 4.78 is 5.62. The van der Waals surface area contributed by atoms with Gasteiger partial charge in [0.25, 0.3) is 0 Å². The van der Waals surface area contributed by atoms with E-state index < -0.39 is 0 Å². The van der Waals surface area contributed by atoms with Gasteiger partial charge in [-0.15, -0.1) is 0 Å². The van der Waals surface area contributed by atoms with Gasteiger partial charge >= 0.3 is 5.97 Å². The van der Waals surface area contributed by atoms with Crippen LogP contribution in [-0.2, 0) is 14.3 Å². The summed E-state index contributed by atoms with van der Waals surface area (Å²) in [5.41, 5.74) is 0.810. The van der Waals surface area contributed by atoms with E-state index in [2.05, 4.69) is 20.7 Å². The SMILES string of the molecule is COC(=O)[C@@H]1CC(=O)N(c2ccc(Br)cc2)C1. The molecule has 0 aliphatic carbocycles. The Morgan fingerprint density at radius 3 is 2.65 bits per heavy atom. The first-order chi connectivity index (χ1) is 8.11. The van der Waals surface area contributed by atoms with Crippen molar-refractivity contribution in [3.05, 3.63) is 28.7 Å². The van der Waals surface area contributed by atoms with Crippen molar-refractivity contribution < 1.29 is 14.3 Å². The first-order valence-corrected chi connectivity index (χ1v) is 6.05. The molecule has 1 fully saturated rings. The van der Waals surface area contributed by atoms with Crippen LogP contribution in [0.3, 0.4) is 0 Å². The molecule has 0 N–H and O–H groups in total. The van der Waals surface area contributed by atoms with Gasteiger partial charge in [-0.05, 0) is 24.3 Å². The number of halogens is 1. The zero-order valence-electron chi connectivity index (χ0n) is 9.35. The Bertz CT molecular complexity index is 444. The van der Waals surface area contributed by atoms with Crippen LogP contribution in [0.15, 0.2) is 28.7 Å². The lowest BCUT2D eigenvalue weighted by atomic mass is 10.1. The normalized spacial score (nSPS) is 19.5. The number of rotatable bonds is 2. The molecule has 90 valence electrons. The van der Waals surface area contributed by atoms with Gasteiger partial charge in [0.2, 0.25) is 5.91 Å². The Hall–Kier alpha value is -1.36. The highest BCUT2D eigenvalue weighted by Gasteiger charge is 2.35. The van der Waals surface area contributed by atoms with E-state index in [-0.39, 0.29) is 24.2 Å². The smallest absolute Gasteiger partial charge is 0.311 e. The van der Waals surface area contributed by atoms with Crippen molar-refractivity contribution in [2.24, 2.45) is 5.92 Å². The van der Waals surface area contributed by atoms with Gasteiger partial charge in [-0.1, -0.05) is 15.9 Å². The molecule has 1 amide bonds. The van der Waals surface area contributed by atoms with Crippen LogP contribution < -0.4 is 4.90 Å². The van der Waals surface area contributed by atoms with Crippen LogP contribution in [0, 0.1) is 5.92 Å². The Labute approximate surface area is 108 Å². The number of methoxy groups -OCH3 is 1. The molecule has 1 aromatic rings. The molecule has 1 heterocycles. The minimum absolute atomic E-state index is 0.0391.